The Morgan fingerprint density at radius 1 is 1.24 bits per heavy atom. The number of aromatic nitrogens is 1. The Morgan fingerprint density at radius 2 is 2.00 bits per heavy atom. The van der Waals surface area contributed by atoms with Gasteiger partial charge in [0.05, 0.1) is 0 Å². The normalized spacial score (nSPS) is 11.7. The maximum absolute atomic E-state index is 11.0. The van der Waals surface area contributed by atoms with Crippen LogP contribution >= 0.6 is 0 Å². The van der Waals surface area contributed by atoms with Crippen LogP contribution in [0.2, 0.25) is 0 Å². The minimum atomic E-state index is -0.0429. The van der Waals surface area contributed by atoms with E-state index in [9.17, 15) is 4.79 Å². The first-order chi connectivity index (χ1) is 7.97. The summed E-state index contributed by atoms with van der Waals surface area (Å²) < 4.78 is 0. The standard InChI is InChI=1S/C13H23N3O/c1-13(2,3)15-9-5-8-14-10-11-6-4-7-12(17)16-11/h4,6-7,14-15H,5,8-10H2,1-3H3,(H,16,17). The summed E-state index contributed by atoms with van der Waals surface area (Å²) in [7, 11) is 0. The van der Waals surface area contributed by atoms with Gasteiger partial charge in [0, 0.05) is 23.8 Å². The minimum absolute atomic E-state index is 0.0429. The Labute approximate surface area is 103 Å². The highest BCUT2D eigenvalue weighted by atomic mass is 16.1. The molecule has 0 fully saturated rings. The van der Waals surface area contributed by atoms with Crippen LogP contribution in [0.5, 0.6) is 0 Å². The number of hydrogen-bond donors (Lipinski definition) is 3. The van der Waals surface area contributed by atoms with E-state index in [4.69, 9.17) is 0 Å². The monoisotopic (exact) mass is 237 g/mol. The zero-order valence-electron chi connectivity index (χ0n) is 11.0. The number of nitrogens with one attached hydrogen (secondary N) is 3. The molecule has 1 aromatic rings. The van der Waals surface area contributed by atoms with Crippen molar-refractivity contribution in [1.29, 1.82) is 0 Å². The van der Waals surface area contributed by atoms with Gasteiger partial charge in [0.1, 0.15) is 0 Å². The van der Waals surface area contributed by atoms with E-state index in [1.54, 1.807) is 6.07 Å². The molecule has 17 heavy (non-hydrogen) atoms. The number of aromatic amines is 1. The van der Waals surface area contributed by atoms with E-state index in [0.29, 0.717) is 6.54 Å². The SMILES string of the molecule is CC(C)(C)NCCCNCc1cccc(=O)[nH]1. The lowest BCUT2D eigenvalue weighted by Crippen LogP contribution is -2.37. The molecule has 1 aromatic heterocycles. The highest BCUT2D eigenvalue weighted by Crippen LogP contribution is 1.97. The Kier molecular flexibility index (Phi) is 5.38. The molecule has 0 aliphatic rings. The van der Waals surface area contributed by atoms with Gasteiger partial charge in [-0.15, -0.1) is 0 Å². The molecule has 3 N–H and O–H groups in total. The molecule has 0 atom stereocenters. The zero-order valence-corrected chi connectivity index (χ0v) is 11.0. The first-order valence-electron chi connectivity index (χ1n) is 6.11. The summed E-state index contributed by atoms with van der Waals surface area (Å²) in [6.45, 7) is 9.15. The van der Waals surface area contributed by atoms with Gasteiger partial charge < -0.3 is 15.6 Å². The van der Waals surface area contributed by atoms with E-state index < -0.39 is 0 Å². The second-order valence-corrected chi connectivity index (χ2v) is 5.25. The summed E-state index contributed by atoms with van der Waals surface area (Å²) in [5.41, 5.74) is 1.07. The summed E-state index contributed by atoms with van der Waals surface area (Å²) in [5.74, 6) is 0. The first kappa shape index (κ1) is 13.9. The van der Waals surface area contributed by atoms with Crippen molar-refractivity contribution in [3.63, 3.8) is 0 Å². The largest absolute Gasteiger partial charge is 0.325 e. The lowest BCUT2D eigenvalue weighted by Gasteiger charge is -2.20. The van der Waals surface area contributed by atoms with Gasteiger partial charge in [-0.3, -0.25) is 4.79 Å². The highest BCUT2D eigenvalue weighted by molar-refractivity contribution is 5.03. The third kappa shape index (κ3) is 6.92. The third-order valence-corrected chi connectivity index (χ3v) is 2.33. The van der Waals surface area contributed by atoms with Gasteiger partial charge in [-0.1, -0.05) is 6.07 Å². The van der Waals surface area contributed by atoms with Crippen LogP contribution in [0.15, 0.2) is 23.0 Å². The van der Waals surface area contributed by atoms with Crippen molar-refractivity contribution in [2.75, 3.05) is 13.1 Å². The van der Waals surface area contributed by atoms with Crippen molar-refractivity contribution < 1.29 is 0 Å². The fourth-order valence-electron chi connectivity index (χ4n) is 1.50. The van der Waals surface area contributed by atoms with Crippen LogP contribution in [0.1, 0.15) is 32.9 Å². The minimum Gasteiger partial charge on any atom is -0.325 e. The van der Waals surface area contributed by atoms with Crippen LogP contribution in [0, 0.1) is 0 Å². The molecular formula is C13H23N3O. The van der Waals surface area contributed by atoms with Crippen molar-refractivity contribution >= 4 is 0 Å². The van der Waals surface area contributed by atoms with Gasteiger partial charge in [0.2, 0.25) is 5.56 Å². The molecule has 0 spiro atoms. The van der Waals surface area contributed by atoms with E-state index in [-0.39, 0.29) is 11.1 Å². The molecule has 96 valence electrons. The molecule has 0 aliphatic carbocycles. The Morgan fingerprint density at radius 3 is 2.65 bits per heavy atom. The molecule has 0 unspecified atom stereocenters. The van der Waals surface area contributed by atoms with Crippen LogP contribution < -0.4 is 16.2 Å². The first-order valence-corrected chi connectivity index (χ1v) is 6.11. The molecule has 1 rings (SSSR count). The molecular weight excluding hydrogens is 214 g/mol. The topological polar surface area (TPSA) is 56.9 Å². The van der Waals surface area contributed by atoms with Crippen molar-refractivity contribution in [1.82, 2.24) is 15.6 Å². The van der Waals surface area contributed by atoms with Gasteiger partial charge in [0.25, 0.3) is 0 Å². The highest BCUT2D eigenvalue weighted by Gasteiger charge is 2.06. The maximum atomic E-state index is 11.0. The van der Waals surface area contributed by atoms with E-state index in [1.807, 2.05) is 6.07 Å². The van der Waals surface area contributed by atoms with Crippen LogP contribution in [-0.4, -0.2) is 23.6 Å². The molecule has 0 bridgehead atoms. The second kappa shape index (κ2) is 6.57. The fraction of sp³-hybridized carbons (Fsp3) is 0.615. The van der Waals surface area contributed by atoms with Crippen LogP contribution in [0.3, 0.4) is 0 Å². The van der Waals surface area contributed by atoms with E-state index in [0.717, 1.165) is 25.2 Å². The zero-order chi connectivity index (χ0) is 12.7. The molecule has 4 nitrogen and oxygen atoms in total. The summed E-state index contributed by atoms with van der Waals surface area (Å²) in [6.07, 6.45) is 1.08. The lowest BCUT2D eigenvalue weighted by molar-refractivity contribution is 0.418. The summed E-state index contributed by atoms with van der Waals surface area (Å²) in [6, 6.07) is 5.22. The average Bonchev–Trinajstić information content (AvgIpc) is 2.22. The van der Waals surface area contributed by atoms with Gasteiger partial charge in [-0.2, -0.15) is 0 Å². The number of H-pyrrole nitrogens is 1. The van der Waals surface area contributed by atoms with Crippen molar-refractivity contribution in [2.45, 2.75) is 39.3 Å². The van der Waals surface area contributed by atoms with Crippen LogP contribution in [-0.2, 0) is 6.54 Å². The average molecular weight is 237 g/mol. The Balaban J connectivity index is 2.11. The molecule has 1 heterocycles. The second-order valence-electron chi connectivity index (χ2n) is 5.25. The van der Waals surface area contributed by atoms with Gasteiger partial charge in [-0.05, 0) is 46.3 Å². The van der Waals surface area contributed by atoms with Crippen LogP contribution in [0.4, 0.5) is 0 Å². The van der Waals surface area contributed by atoms with E-state index in [2.05, 4.69) is 36.4 Å². The number of pyridine rings is 1. The molecule has 0 radical (unpaired) electrons. The van der Waals surface area contributed by atoms with Gasteiger partial charge in [0.15, 0.2) is 0 Å². The van der Waals surface area contributed by atoms with Crippen LogP contribution in [0.25, 0.3) is 0 Å². The molecule has 4 heteroatoms. The quantitative estimate of drug-likeness (QED) is 0.653. The number of hydrogen-bond acceptors (Lipinski definition) is 3. The summed E-state index contributed by atoms with van der Waals surface area (Å²) in [4.78, 5) is 13.8. The third-order valence-electron chi connectivity index (χ3n) is 2.33. The lowest BCUT2D eigenvalue weighted by atomic mass is 10.1. The smallest absolute Gasteiger partial charge is 0.248 e. The van der Waals surface area contributed by atoms with Crippen molar-refractivity contribution in [2.24, 2.45) is 0 Å². The fourth-order valence-corrected chi connectivity index (χ4v) is 1.50. The molecule has 0 amide bonds. The molecule has 0 saturated carbocycles. The van der Waals surface area contributed by atoms with Gasteiger partial charge >= 0.3 is 0 Å². The molecule has 0 aromatic carbocycles. The van der Waals surface area contributed by atoms with Crippen molar-refractivity contribution in [3.05, 3.63) is 34.2 Å². The summed E-state index contributed by atoms with van der Waals surface area (Å²) in [5, 5.41) is 6.74. The maximum Gasteiger partial charge on any atom is 0.248 e. The molecule has 0 aliphatic heterocycles. The predicted octanol–water partition coefficient (Wildman–Crippen LogP) is 1.24. The summed E-state index contributed by atoms with van der Waals surface area (Å²) >= 11 is 0. The van der Waals surface area contributed by atoms with E-state index in [1.165, 1.54) is 6.07 Å². The molecule has 0 saturated heterocycles. The Hall–Kier alpha value is -1.13. The Bertz CT molecular complexity index is 379. The van der Waals surface area contributed by atoms with E-state index >= 15 is 0 Å². The van der Waals surface area contributed by atoms with Crippen molar-refractivity contribution in [3.8, 4) is 0 Å². The number of rotatable bonds is 6. The van der Waals surface area contributed by atoms with Gasteiger partial charge in [-0.25, -0.2) is 0 Å². The predicted molar refractivity (Wildman–Crippen MR) is 71.1 cm³/mol.